The predicted octanol–water partition coefficient (Wildman–Crippen LogP) is 4.17. The Balaban J connectivity index is 1.77. The molecule has 0 aromatic heterocycles. The number of rotatable bonds is 0. The van der Waals surface area contributed by atoms with Gasteiger partial charge in [0.05, 0.1) is 0 Å². The molecular weight excluding hydrogens is 260 g/mol. The molecule has 4 aliphatic carbocycles. The second-order valence-electron chi connectivity index (χ2n) is 8.92. The minimum atomic E-state index is 0.0558. The monoisotopic (exact) mass is 288 g/mol. The molecule has 0 radical (unpaired) electrons. The quantitative estimate of drug-likeness (QED) is 0.670. The Morgan fingerprint density at radius 3 is 2.57 bits per heavy atom. The lowest BCUT2D eigenvalue weighted by molar-refractivity contribution is -0.165. The Kier molecular flexibility index (Phi) is 2.94. The molecule has 4 saturated carbocycles. The largest absolute Gasteiger partial charge is 0.299 e. The van der Waals surface area contributed by atoms with Crippen molar-refractivity contribution in [3.8, 4) is 0 Å². The van der Waals surface area contributed by atoms with Crippen molar-refractivity contribution in [2.45, 2.75) is 71.6 Å². The van der Waals surface area contributed by atoms with Crippen LogP contribution in [0.3, 0.4) is 0 Å². The van der Waals surface area contributed by atoms with Crippen LogP contribution < -0.4 is 0 Å². The third kappa shape index (κ3) is 1.77. The van der Waals surface area contributed by atoms with Crippen LogP contribution in [0.15, 0.2) is 0 Å². The lowest BCUT2D eigenvalue weighted by atomic mass is 9.45. The van der Waals surface area contributed by atoms with Crippen LogP contribution in [0, 0.1) is 34.5 Å². The van der Waals surface area contributed by atoms with E-state index in [-0.39, 0.29) is 22.7 Å². The van der Waals surface area contributed by atoms with Gasteiger partial charge in [-0.25, -0.2) is 0 Å². The van der Waals surface area contributed by atoms with E-state index in [0.29, 0.717) is 23.4 Å². The van der Waals surface area contributed by atoms with Gasteiger partial charge in [0, 0.05) is 24.7 Å². The highest BCUT2D eigenvalue weighted by Gasteiger charge is 2.63. The van der Waals surface area contributed by atoms with Crippen molar-refractivity contribution in [3.05, 3.63) is 0 Å². The van der Waals surface area contributed by atoms with Crippen LogP contribution in [-0.2, 0) is 9.59 Å². The van der Waals surface area contributed by atoms with E-state index in [1.807, 2.05) is 0 Å². The molecule has 4 aliphatic rings. The molecule has 0 spiro atoms. The lowest BCUT2D eigenvalue weighted by Gasteiger charge is -2.57. The van der Waals surface area contributed by atoms with Crippen molar-refractivity contribution in [1.29, 1.82) is 0 Å². The van der Waals surface area contributed by atoms with Crippen molar-refractivity contribution in [1.82, 2.24) is 0 Å². The van der Waals surface area contributed by atoms with Crippen LogP contribution in [0.5, 0.6) is 0 Å². The van der Waals surface area contributed by atoms with Crippen LogP contribution in [0.2, 0.25) is 0 Å². The van der Waals surface area contributed by atoms with Crippen molar-refractivity contribution >= 4 is 11.6 Å². The Hall–Kier alpha value is -0.660. The lowest BCUT2D eigenvalue weighted by Crippen LogP contribution is -2.59. The molecule has 0 unspecified atom stereocenters. The average molecular weight is 288 g/mol. The molecule has 0 heterocycles. The Morgan fingerprint density at radius 2 is 1.76 bits per heavy atom. The molecule has 0 aliphatic heterocycles. The number of carbonyl (C=O) groups excluding carboxylic acids is 2. The number of hydrogen-bond acceptors (Lipinski definition) is 2. The minimum Gasteiger partial charge on any atom is -0.299 e. The molecule has 0 bridgehead atoms. The number of ketones is 2. The highest BCUT2D eigenvalue weighted by Crippen LogP contribution is 2.64. The molecule has 0 saturated heterocycles. The molecule has 4 fully saturated rings. The summed E-state index contributed by atoms with van der Waals surface area (Å²) >= 11 is 0. The predicted molar refractivity (Wildman–Crippen MR) is 81.7 cm³/mol. The summed E-state index contributed by atoms with van der Waals surface area (Å²) in [5.41, 5.74) is 0.254. The molecule has 0 aromatic carbocycles. The molecular formula is C19H28O2. The molecule has 0 N–H and O–H groups in total. The van der Waals surface area contributed by atoms with E-state index in [9.17, 15) is 9.59 Å². The van der Waals surface area contributed by atoms with Gasteiger partial charge >= 0.3 is 0 Å². The topological polar surface area (TPSA) is 34.1 Å². The first-order valence-electron chi connectivity index (χ1n) is 9.01. The smallest absolute Gasteiger partial charge is 0.137 e. The van der Waals surface area contributed by atoms with E-state index in [2.05, 4.69) is 13.8 Å². The fraction of sp³-hybridized carbons (Fsp3) is 0.895. The first-order valence-corrected chi connectivity index (χ1v) is 9.01. The SMILES string of the molecule is C[C@@]12CCC[C@H]1[C@@H]1C(=O)C[C@H]3CCCC[C@]3(C)[C@H]1C(=O)C2. The second kappa shape index (κ2) is 4.43. The van der Waals surface area contributed by atoms with E-state index >= 15 is 0 Å². The molecule has 0 aromatic rings. The van der Waals surface area contributed by atoms with E-state index in [0.717, 1.165) is 19.3 Å². The van der Waals surface area contributed by atoms with Gasteiger partial charge in [0.15, 0.2) is 0 Å². The van der Waals surface area contributed by atoms with Crippen LogP contribution in [0.25, 0.3) is 0 Å². The summed E-state index contributed by atoms with van der Waals surface area (Å²) < 4.78 is 0. The van der Waals surface area contributed by atoms with Crippen LogP contribution in [-0.4, -0.2) is 11.6 Å². The van der Waals surface area contributed by atoms with E-state index in [1.165, 1.54) is 38.5 Å². The van der Waals surface area contributed by atoms with Gasteiger partial charge in [-0.15, -0.1) is 0 Å². The summed E-state index contributed by atoms with van der Waals surface area (Å²) in [5.74, 6) is 1.97. The first kappa shape index (κ1) is 14.0. The molecule has 2 nitrogen and oxygen atoms in total. The summed E-state index contributed by atoms with van der Waals surface area (Å²) in [6, 6.07) is 0. The van der Waals surface area contributed by atoms with E-state index < -0.39 is 0 Å². The van der Waals surface area contributed by atoms with Crippen LogP contribution in [0.4, 0.5) is 0 Å². The molecule has 4 rings (SSSR count). The summed E-state index contributed by atoms with van der Waals surface area (Å²) in [5, 5.41) is 0. The second-order valence-corrected chi connectivity index (χ2v) is 8.92. The third-order valence-corrected chi connectivity index (χ3v) is 7.86. The number of carbonyl (C=O) groups is 2. The van der Waals surface area contributed by atoms with Gasteiger partial charge in [0.2, 0.25) is 0 Å². The van der Waals surface area contributed by atoms with Gasteiger partial charge in [-0.1, -0.05) is 33.1 Å². The van der Waals surface area contributed by atoms with Gasteiger partial charge in [0.25, 0.3) is 0 Å². The highest BCUT2D eigenvalue weighted by molar-refractivity contribution is 5.94. The summed E-state index contributed by atoms with van der Waals surface area (Å²) in [7, 11) is 0. The third-order valence-electron chi connectivity index (χ3n) is 7.86. The molecule has 21 heavy (non-hydrogen) atoms. The zero-order valence-electron chi connectivity index (χ0n) is 13.5. The fourth-order valence-electron chi connectivity index (χ4n) is 6.78. The zero-order valence-corrected chi connectivity index (χ0v) is 13.5. The van der Waals surface area contributed by atoms with Crippen molar-refractivity contribution in [2.75, 3.05) is 0 Å². The van der Waals surface area contributed by atoms with Gasteiger partial charge in [-0.2, -0.15) is 0 Å². The molecule has 2 heteroatoms. The molecule has 6 atom stereocenters. The standard InChI is InChI=1S/C19H28O2/c1-18-8-5-7-13(18)16-14(20)10-12-6-3-4-9-19(12,2)17(16)15(21)11-18/h12-13,16-17H,3-11H2,1-2H3/t12-,13+,16-,17+,18+,19+/m1/s1. The average Bonchev–Trinajstić information content (AvgIpc) is 2.80. The van der Waals surface area contributed by atoms with E-state index in [4.69, 9.17) is 0 Å². The molecule has 116 valence electrons. The normalized spacial score (nSPS) is 53.0. The summed E-state index contributed by atoms with van der Waals surface area (Å²) in [6.07, 6.45) is 9.89. The van der Waals surface area contributed by atoms with Crippen LogP contribution >= 0.6 is 0 Å². The summed E-state index contributed by atoms with van der Waals surface area (Å²) in [6.45, 7) is 4.62. The minimum absolute atomic E-state index is 0.0558. The fourth-order valence-corrected chi connectivity index (χ4v) is 6.78. The van der Waals surface area contributed by atoms with E-state index in [1.54, 1.807) is 0 Å². The van der Waals surface area contributed by atoms with Gasteiger partial charge < -0.3 is 0 Å². The Morgan fingerprint density at radius 1 is 0.952 bits per heavy atom. The van der Waals surface area contributed by atoms with Gasteiger partial charge in [0.1, 0.15) is 11.6 Å². The van der Waals surface area contributed by atoms with Crippen molar-refractivity contribution in [3.63, 3.8) is 0 Å². The highest BCUT2D eigenvalue weighted by atomic mass is 16.1. The zero-order chi connectivity index (χ0) is 14.8. The van der Waals surface area contributed by atoms with Gasteiger partial charge in [-0.3, -0.25) is 9.59 Å². The maximum atomic E-state index is 13.0. The summed E-state index contributed by atoms with van der Waals surface area (Å²) in [4.78, 5) is 25.9. The maximum absolute atomic E-state index is 13.0. The number of hydrogen-bond donors (Lipinski definition) is 0. The maximum Gasteiger partial charge on any atom is 0.137 e. The number of fused-ring (bicyclic) bond motifs is 5. The van der Waals surface area contributed by atoms with Gasteiger partial charge in [-0.05, 0) is 48.3 Å². The molecule has 0 amide bonds. The Bertz CT molecular complexity index is 496. The number of Topliss-reactive ketones (excluding diaryl/α,β-unsaturated/α-hetero) is 2. The van der Waals surface area contributed by atoms with Crippen LogP contribution in [0.1, 0.15) is 71.6 Å². The van der Waals surface area contributed by atoms with Crippen molar-refractivity contribution in [2.24, 2.45) is 34.5 Å². The van der Waals surface area contributed by atoms with Crippen molar-refractivity contribution < 1.29 is 9.59 Å². The Labute approximate surface area is 128 Å². The first-order chi connectivity index (χ1) is 9.96.